The molecule has 16 heavy (non-hydrogen) atoms. The maximum atomic E-state index is 5.87. The first-order valence-electron chi connectivity index (χ1n) is 4.85. The summed E-state index contributed by atoms with van der Waals surface area (Å²) in [5.74, 6) is 1.52. The van der Waals surface area contributed by atoms with Crippen molar-refractivity contribution >= 4 is 17.8 Å². The SMILES string of the molecule is Cc1nnc(C)n1/N=C\c1cccc(Cl)c1. The van der Waals surface area contributed by atoms with Crippen LogP contribution < -0.4 is 0 Å². The summed E-state index contributed by atoms with van der Waals surface area (Å²) in [5.41, 5.74) is 0.944. The van der Waals surface area contributed by atoms with Crippen molar-refractivity contribution in [3.8, 4) is 0 Å². The van der Waals surface area contributed by atoms with Gasteiger partial charge in [0.25, 0.3) is 0 Å². The Kier molecular flexibility index (Phi) is 3.01. The Morgan fingerprint density at radius 1 is 1.25 bits per heavy atom. The molecule has 0 saturated carbocycles. The van der Waals surface area contributed by atoms with Crippen LogP contribution in [0.2, 0.25) is 5.02 Å². The first-order chi connectivity index (χ1) is 7.66. The normalized spacial score (nSPS) is 11.2. The van der Waals surface area contributed by atoms with Gasteiger partial charge in [-0.3, -0.25) is 0 Å². The summed E-state index contributed by atoms with van der Waals surface area (Å²) in [5, 5.41) is 12.8. The number of nitrogens with zero attached hydrogens (tertiary/aromatic N) is 4. The van der Waals surface area contributed by atoms with Gasteiger partial charge in [-0.1, -0.05) is 23.7 Å². The van der Waals surface area contributed by atoms with E-state index in [4.69, 9.17) is 11.6 Å². The molecule has 0 atom stereocenters. The van der Waals surface area contributed by atoms with Gasteiger partial charge < -0.3 is 0 Å². The standard InChI is InChI=1S/C11H11ClN4/c1-8-14-15-9(2)16(8)13-7-10-4-3-5-11(12)6-10/h3-7H,1-2H3/b13-7-. The lowest BCUT2D eigenvalue weighted by Gasteiger charge is -1.97. The van der Waals surface area contributed by atoms with Gasteiger partial charge in [0, 0.05) is 5.02 Å². The third kappa shape index (κ3) is 2.28. The van der Waals surface area contributed by atoms with Gasteiger partial charge in [0.05, 0.1) is 6.21 Å². The highest BCUT2D eigenvalue weighted by Crippen LogP contribution is 2.09. The van der Waals surface area contributed by atoms with Crippen LogP contribution in [0.1, 0.15) is 17.2 Å². The predicted octanol–water partition coefficient (Wildman–Crippen LogP) is 2.43. The molecule has 82 valence electrons. The van der Waals surface area contributed by atoms with Crippen LogP contribution in [0, 0.1) is 13.8 Å². The van der Waals surface area contributed by atoms with Crippen molar-refractivity contribution in [2.24, 2.45) is 5.10 Å². The minimum Gasteiger partial charge on any atom is -0.202 e. The highest BCUT2D eigenvalue weighted by molar-refractivity contribution is 6.30. The molecule has 0 unspecified atom stereocenters. The second-order valence-corrected chi connectivity index (χ2v) is 3.84. The quantitative estimate of drug-likeness (QED) is 0.749. The monoisotopic (exact) mass is 234 g/mol. The molecule has 0 radical (unpaired) electrons. The number of rotatable bonds is 2. The Labute approximate surface area is 98.6 Å². The molecule has 0 aliphatic carbocycles. The molecule has 2 aromatic rings. The Balaban J connectivity index is 2.28. The summed E-state index contributed by atoms with van der Waals surface area (Å²) in [6.07, 6.45) is 1.73. The maximum absolute atomic E-state index is 5.87. The smallest absolute Gasteiger partial charge is 0.151 e. The predicted molar refractivity (Wildman–Crippen MR) is 63.9 cm³/mol. The third-order valence-electron chi connectivity index (χ3n) is 2.12. The third-order valence-corrected chi connectivity index (χ3v) is 2.36. The lowest BCUT2D eigenvalue weighted by molar-refractivity contribution is 0.799. The molecule has 0 aliphatic heterocycles. The zero-order chi connectivity index (χ0) is 11.5. The number of hydrogen-bond acceptors (Lipinski definition) is 3. The first kappa shape index (κ1) is 10.8. The molecule has 1 aromatic heterocycles. The average Bonchev–Trinajstić information content (AvgIpc) is 2.56. The second-order valence-electron chi connectivity index (χ2n) is 3.41. The number of halogens is 1. The lowest BCUT2D eigenvalue weighted by atomic mass is 10.2. The van der Waals surface area contributed by atoms with Crippen LogP contribution in [0.5, 0.6) is 0 Å². The highest BCUT2D eigenvalue weighted by atomic mass is 35.5. The molecule has 0 aliphatic rings. The van der Waals surface area contributed by atoms with Crippen LogP contribution in [0.25, 0.3) is 0 Å². The van der Waals surface area contributed by atoms with E-state index in [-0.39, 0.29) is 0 Å². The molecular formula is C11H11ClN4. The van der Waals surface area contributed by atoms with Crippen molar-refractivity contribution in [3.63, 3.8) is 0 Å². The molecule has 0 spiro atoms. The average molecular weight is 235 g/mol. The molecule has 0 N–H and O–H groups in total. The topological polar surface area (TPSA) is 43.1 Å². The number of aryl methyl sites for hydroxylation is 2. The van der Waals surface area contributed by atoms with Gasteiger partial charge >= 0.3 is 0 Å². The molecule has 5 heteroatoms. The molecule has 0 bridgehead atoms. The van der Waals surface area contributed by atoms with Crippen LogP contribution in [-0.4, -0.2) is 21.1 Å². The van der Waals surface area contributed by atoms with Gasteiger partial charge in [0.15, 0.2) is 11.6 Å². The van der Waals surface area contributed by atoms with Crippen molar-refractivity contribution in [2.45, 2.75) is 13.8 Å². The van der Waals surface area contributed by atoms with E-state index in [1.165, 1.54) is 0 Å². The fraction of sp³-hybridized carbons (Fsp3) is 0.182. The Morgan fingerprint density at radius 3 is 2.56 bits per heavy atom. The minimum absolute atomic E-state index is 0.696. The summed E-state index contributed by atoms with van der Waals surface area (Å²) in [4.78, 5) is 0. The second kappa shape index (κ2) is 4.45. The molecule has 2 rings (SSSR count). The van der Waals surface area contributed by atoms with Crippen molar-refractivity contribution in [1.82, 2.24) is 14.9 Å². The Morgan fingerprint density at radius 2 is 1.94 bits per heavy atom. The van der Waals surface area contributed by atoms with E-state index in [2.05, 4.69) is 15.3 Å². The van der Waals surface area contributed by atoms with E-state index >= 15 is 0 Å². The minimum atomic E-state index is 0.696. The first-order valence-corrected chi connectivity index (χ1v) is 5.23. The van der Waals surface area contributed by atoms with Crippen molar-refractivity contribution < 1.29 is 0 Å². The molecule has 1 aromatic carbocycles. The van der Waals surface area contributed by atoms with E-state index in [1.54, 1.807) is 10.9 Å². The largest absolute Gasteiger partial charge is 0.202 e. The molecular weight excluding hydrogens is 224 g/mol. The van der Waals surface area contributed by atoms with Crippen molar-refractivity contribution in [2.75, 3.05) is 0 Å². The van der Waals surface area contributed by atoms with Crippen molar-refractivity contribution in [1.29, 1.82) is 0 Å². The van der Waals surface area contributed by atoms with E-state index in [1.807, 2.05) is 38.1 Å². The van der Waals surface area contributed by atoms with Crippen molar-refractivity contribution in [3.05, 3.63) is 46.5 Å². The molecule has 1 heterocycles. The number of aromatic nitrogens is 3. The van der Waals surface area contributed by atoms with E-state index in [9.17, 15) is 0 Å². The lowest BCUT2D eigenvalue weighted by Crippen LogP contribution is -1.96. The van der Waals surface area contributed by atoms with Crippen LogP contribution >= 0.6 is 11.6 Å². The van der Waals surface area contributed by atoms with Gasteiger partial charge in [0.1, 0.15) is 0 Å². The molecule has 0 saturated heterocycles. The number of benzene rings is 1. The van der Waals surface area contributed by atoms with Gasteiger partial charge in [-0.05, 0) is 31.5 Å². The molecule has 0 fully saturated rings. The van der Waals surface area contributed by atoms with Crippen LogP contribution in [-0.2, 0) is 0 Å². The fourth-order valence-corrected chi connectivity index (χ4v) is 1.54. The van der Waals surface area contributed by atoms with E-state index in [0.29, 0.717) is 5.02 Å². The van der Waals surface area contributed by atoms with Gasteiger partial charge in [-0.15, -0.1) is 10.2 Å². The zero-order valence-electron chi connectivity index (χ0n) is 9.05. The molecule has 4 nitrogen and oxygen atoms in total. The fourth-order valence-electron chi connectivity index (χ4n) is 1.34. The molecule has 0 amide bonds. The summed E-state index contributed by atoms with van der Waals surface area (Å²) < 4.78 is 1.68. The zero-order valence-corrected chi connectivity index (χ0v) is 9.81. The number of hydrogen-bond donors (Lipinski definition) is 0. The maximum Gasteiger partial charge on any atom is 0.151 e. The van der Waals surface area contributed by atoms with E-state index < -0.39 is 0 Å². The summed E-state index contributed by atoms with van der Waals surface area (Å²) in [6, 6.07) is 7.49. The van der Waals surface area contributed by atoms with Gasteiger partial charge in [-0.25, -0.2) is 4.68 Å². The Hall–Kier alpha value is -1.68. The summed E-state index contributed by atoms with van der Waals surface area (Å²) in [7, 11) is 0. The Bertz CT molecular complexity index is 511. The summed E-state index contributed by atoms with van der Waals surface area (Å²) in [6.45, 7) is 3.71. The summed E-state index contributed by atoms with van der Waals surface area (Å²) >= 11 is 5.87. The van der Waals surface area contributed by atoms with Crippen LogP contribution in [0.4, 0.5) is 0 Å². The van der Waals surface area contributed by atoms with E-state index in [0.717, 1.165) is 17.2 Å². The van der Waals surface area contributed by atoms with Gasteiger partial charge in [-0.2, -0.15) is 5.10 Å². The van der Waals surface area contributed by atoms with Crippen LogP contribution in [0.3, 0.4) is 0 Å². The highest BCUT2D eigenvalue weighted by Gasteiger charge is 2.00. The van der Waals surface area contributed by atoms with Gasteiger partial charge in [0.2, 0.25) is 0 Å². The van der Waals surface area contributed by atoms with Crippen LogP contribution in [0.15, 0.2) is 29.4 Å².